The Kier molecular flexibility index (Phi) is 7.37. The molecule has 3 aliphatic rings. The molecule has 9 heteroatoms. The van der Waals surface area contributed by atoms with Crippen LogP contribution in [0.5, 0.6) is 5.75 Å². The number of nitrogens with zero attached hydrogens (tertiary/aromatic N) is 1. The molecule has 1 aromatic rings. The number of amides is 4. The number of fused-ring (bicyclic) bond motifs is 2. The van der Waals surface area contributed by atoms with E-state index in [1.165, 1.54) is 6.42 Å². The Morgan fingerprint density at radius 3 is 2.73 bits per heavy atom. The number of hydrogen-bond donors (Lipinski definition) is 3. The number of carbonyl (C=O) groups is 3. The van der Waals surface area contributed by atoms with Gasteiger partial charge in [0.25, 0.3) is 5.91 Å². The average molecular weight is 459 g/mol. The van der Waals surface area contributed by atoms with Crippen LogP contribution < -0.4 is 20.7 Å². The minimum atomic E-state index is -0.308. The van der Waals surface area contributed by atoms with E-state index in [0.717, 1.165) is 25.7 Å². The molecule has 4 amide bonds. The maximum atomic E-state index is 13.3. The Bertz CT molecular complexity index is 888. The van der Waals surface area contributed by atoms with Crippen molar-refractivity contribution in [2.24, 2.45) is 0 Å². The van der Waals surface area contributed by atoms with Crippen molar-refractivity contribution in [3.8, 4) is 5.75 Å². The molecule has 1 saturated heterocycles. The minimum Gasteiger partial charge on any atom is -0.490 e. The fraction of sp³-hybridized carbons (Fsp3) is 0.625. The van der Waals surface area contributed by atoms with Crippen molar-refractivity contribution in [3.63, 3.8) is 0 Å². The van der Waals surface area contributed by atoms with Crippen LogP contribution >= 0.6 is 0 Å². The highest BCUT2D eigenvalue weighted by Gasteiger charge is 2.39. The van der Waals surface area contributed by atoms with Gasteiger partial charge in [-0.2, -0.15) is 0 Å². The molecule has 1 saturated carbocycles. The van der Waals surface area contributed by atoms with E-state index >= 15 is 0 Å². The van der Waals surface area contributed by atoms with Crippen LogP contribution in [0, 0.1) is 0 Å². The van der Waals surface area contributed by atoms with Gasteiger partial charge in [-0.05, 0) is 56.7 Å². The lowest BCUT2D eigenvalue weighted by atomic mass is 9.92. The van der Waals surface area contributed by atoms with E-state index in [2.05, 4.69) is 16.0 Å². The zero-order valence-corrected chi connectivity index (χ0v) is 19.4. The SMILES string of the molecule is CCCNC(=O)Nc1ccc2c(c1)C(=O)N(C)[C@@H]1CC[C@H](CC(=O)NC3CCC3)O[C@@H]1CO2. The van der Waals surface area contributed by atoms with Crippen molar-refractivity contribution >= 4 is 23.5 Å². The monoisotopic (exact) mass is 458 g/mol. The van der Waals surface area contributed by atoms with Crippen molar-refractivity contribution in [2.75, 3.05) is 25.5 Å². The molecule has 0 spiro atoms. The van der Waals surface area contributed by atoms with Crippen LogP contribution in [0.2, 0.25) is 0 Å². The van der Waals surface area contributed by atoms with Gasteiger partial charge < -0.3 is 30.3 Å². The third-order valence-electron chi connectivity index (χ3n) is 6.69. The summed E-state index contributed by atoms with van der Waals surface area (Å²) in [5, 5.41) is 8.58. The largest absolute Gasteiger partial charge is 0.490 e. The molecule has 1 aromatic carbocycles. The Morgan fingerprint density at radius 1 is 1.18 bits per heavy atom. The lowest BCUT2D eigenvalue weighted by Crippen LogP contribution is -2.54. The highest BCUT2D eigenvalue weighted by molar-refractivity contribution is 5.99. The quantitative estimate of drug-likeness (QED) is 0.607. The van der Waals surface area contributed by atoms with Crippen molar-refractivity contribution in [1.82, 2.24) is 15.5 Å². The maximum Gasteiger partial charge on any atom is 0.319 e. The molecule has 2 fully saturated rings. The van der Waals surface area contributed by atoms with Gasteiger partial charge in [-0.15, -0.1) is 0 Å². The molecule has 2 heterocycles. The Morgan fingerprint density at radius 2 is 2.00 bits per heavy atom. The summed E-state index contributed by atoms with van der Waals surface area (Å²) in [4.78, 5) is 39.3. The smallest absolute Gasteiger partial charge is 0.319 e. The average Bonchev–Trinajstić information content (AvgIpc) is 2.77. The Hall–Kier alpha value is -2.81. The number of urea groups is 1. The van der Waals surface area contributed by atoms with Crippen molar-refractivity contribution < 1.29 is 23.9 Å². The second-order valence-electron chi connectivity index (χ2n) is 9.16. The van der Waals surface area contributed by atoms with Gasteiger partial charge in [-0.3, -0.25) is 9.59 Å². The van der Waals surface area contributed by atoms with Crippen LogP contribution in [0.1, 0.15) is 62.2 Å². The molecule has 33 heavy (non-hydrogen) atoms. The fourth-order valence-corrected chi connectivity index (χ4v) is 4.57. The minimum absolute atomic E-state index is 0.0349. The summed E-state index contributed by atoms with van der Waals surface area (Å²) in [7, 11) is 1.77. The number of benzene rings is 1. The summed E-state index contributed by atoms with van der Waals surface area (Å²) in [6, 6.07) is 4.93. The van der Waals surface area contributed by atoms with Crippen molar-refractivity contribution in [3.05, 3.63) is 23.8 Å². The number of nitrogens with one attached hydrogen (secondary N) is 3. The zero-order valence-electron chi connectivity index (χ0n) is 19.4. The van der Waals surface area contributed by atoms with E-state index in [1.54, 1.807) is 30.1 Å². The van der Waals surface area contributed by atoms with Crippen LogP contribution in [0.3, 0.4) is 0 Å². The number of likely N-dealkylation sites (N-methyl/N-ethyl adjacent to an activating group) is 1. The second kappa shape index (κ2) is 10.4. The summed E-state index contributed by atoms with van der Waals surface area (Å²) in [5.41, 5.74) is 0.938. The number of rotatable bonds is 6. The van der Waals surface area contributed by atoms with Crippen LogP contribution in [0.15, 0.2) is 18.2 Å². The summed E-state index contributed by atoms with van der Waals surface area (Å²) in [6.45, 7) is 2.85. The zero-order chi connectivity index (χ0) is 23.4. The normalized spacial score (nSPS) is 24.8. The summed E-state index contributed by atoms with van der Waals surface area (Å²) in [5.74, 6) is 0.313. The van der Waals surface area contributed by atoms with Crippen LogP contribution in [-0.4, -0.2) is 67.2 Å². The lowest BCUT2D eigenvalue weighted by molar-refractivity contribution is -0.135. The van der Waals surface area contributed by atoms with Gasteiger partial charge in [0, 0.05) is 25.3 Å². The van der Waals surface area contributed by atoms with Gasteiger partial charge in [-0.1, -0.05) is 6.92 Å². The van der Waals surface area contributed by atoms with E-state index in [4.69, 9.17) is 9.47 Å². The molecule has 3 N–H and O–H groups in total. The maximum absolute atomic E-state index is 13.3. The Balaban J connectivity index is 1.41. The number of ether oxygens (including phenoxy) is 2. The van der Waals surface area contributed by atoms with Gasteiger partial charge in [0.2, 0.25) is 5.91 Å². The lowest BCUT2D eigenvalue weighted by Gasteiger charge is -2.42. The topological polar surface area (TPSA) is 109 Å². The van der Waals surface area contributed by atoms with Gasteiger partial charge in [0.1, 0.15) is 18.5 Å². The number of carbonyl (C=O) groups excluding carboxylic acids is 3. The molecule has 1 aliphatic carbocycles. The van der Waals surface area contributed by atoms with Gasteiger partial charge in [0.05, 0.1) is 24.1 Å². The second-order valence-corrected chi connectivity index (χ2v) is 9.16. The molecular formula is C24H34N4O5. The first-order valence-electron chi connectivity index (χ1n) is 12.0. The van der Waals surface area contributed by atoms with E-state index in [9.17, 15) is 14.4 Å². The van der Waals surface area contributed by atoms with Gasteiger partial charge in [-0.25, -0.2) is 4.79 Å². The van der Waals surface area contributed by atoms with E-state index in [-0.39, 0.29) is 36.1 Å². The summed E-state index contributed by atoms with van der Waals surface area (Å²) >= 11 is 0. The molecule has 9 nitrogen and oxygen atoms in total. The molecule has 0 unspecified atom stereocenters. The summed E-state index contributed by atoms with van der Waals surface area (Å²) < 4.78 is 12.2. The predicted octanol–water partition coefficient (Wildman–Crippen LogP) is 2.66. The Labute approximate surface area is 194 Å². The standard InChI is InChI=1S/C24H34N4O5/c1-3-11-25-24(31)27-16-7-10-20-18(12-16)23(30)28(2)19-9-8-17(33-21(19)14-32-20)13-22(29)26-15-5-4-6-15/h7,10,12,15,17,19,21H,3-6,8-9,11,13-14H2,1-2H3,(H,26,29)(H2,25,27,31)/t17-,19-,21-/m1/s1. The molecule has 180 valence electrons. The van der Waals surface area contributed by atoms with Crippen LogP contribution in [0.25, 0.3) is 0 Å². The van der Waals surface area contributed by atoms with Crippen LogP contribution in [-0.2, 0) is 9.53 Å². The van der Waals surface area contributed by atoms with Crippen molar-refractivity contribution in [2.45, 2.75) is 76.2 Å². The molecule has 0 radical (unpaired) electrons. The van der Waals surface area contributed by atoms with Crippen molar-refractivity contribution in [1.29, 1.82) is 0 Å². The first-order valence-corrected chi connectivity index (χ1v) is 12.0. The van der Waals surface area contributed by atoms with Gasteiger partial charge in [0.15, 0.2) is 0 Å². The van der Waals surface area contributed by atoms with Crippen LogP contribution in [0.4, 0.5) is 10.5 Å². The predicted molar refractivity (Wildman–Crippen MR) is 123 cm³/mol. The van der Waals surface area contributed by atoms with E-state index in [1.807, 2.05) is 6.92 Å². The highest BCUT2D eigenvalue weighted by Crippen LogP contribution is 2.32. The first kappa shape index (κ1) is 23.4. The molecule has 4 rings (SSSR count). The third kappa shape index (κ3) is 5.58. The van der Waals surface area contributed by atoms with E-state index < -0.39 is 0 Å². The molecule has 2 aliphatic heterocycles. The molecule has 0 aromatic heterocycles. The molecule has 0 bridgehead atoms. The number of hydrogen-bond acceptors (Lipinski definition) is 5. The summed E-state index contributed by atoms with van der Waals surface area (Å²) in [6.07, 6.45) is 5.44. The first-order chi connectivity index (χ1) is 15.9. The highest BCUT2D eigenvalue weighted by atomic mass is 16.5. The molecule has 3 atom stereocenters. The van der Waals surface area contributed by atoms with E-state index in [0.29, 0.717) is 49.0 Å². The van der Waals surface area contributed by atoms with Gasteiger partial charge >= 0.3 is 6.03 Å². The number of anilines is 1. The molecular weight excluding hydrogens is 424 g/mol. The third-order valence-corrected chi connectivity index (χ3v) is 6.69. The fourth-order valence-electron chi connectivity index (χ4n) is 4.57.